The van der Waals surface area contributed by atoms with Crippen LogP contribution in [0.3, 0.4) is 0 Å². The van der Waals surface area contributed by atoms with Gasteiger partial charge in [-0.1, -0.05) is 0 Å². The summed E-state index contributed by atoms with van der Waals surface area (Å²) in [6.45, 7) is 0. The van der Waals surface area contributed by atoms with Crippen LogP contribution in [0.15, 0.2) is 4.42 Å². The quantitative estimate of drug-likeness (QED) is 0.522. The minimum absolute atomic E-state index is 0.963. The second kappa shape index (κ2) is 0.714. The molecule has 0 saturated carbocycles. The molecule has 0 spiro atoms. The second-order valence-electron chi connectivity index (χ2n) is 0.987. The third kappa shape index (κ3) is 0.211. The number of hydrogen-bond acceptors (Lipinski definition) is 3. The minimum atomic E-state index is 0.963. The standard InChI is InChI=1S/C2HNOS2/c3-1-2(4-1)5-6-3/h3H. The Morgan fingerprint density at radius 2 is 2.67 bits per heavy atom. The molecule has 0 aromatic carbocycles. The van der Waals surface area contributed by atoms with Crippen molar-refractivity contribution in [1.29, 1.82) is 0 Å². The van der Waals surface area contributed by atoms with Crippen LogP contribution in [0.2, 0.25) is 0 Å². The second-order valence-corrected chi connectivity index (χ2v) is 2.90. The Morgan fingerprint density at radius 3 is 2.83 bits per heavy atom. The third-order valence-electron chi connectivity index (χ3n) is 0.590. The van der Waals surface area contributed by atoms with Crippen LogP contribution in [0, 0.1) is 10.3 Å². The van der Waals surface area contributed by atoms with Crippen LogP contribution >= 0.6 is 20.9 Å². The van der Waals surface area contributed by atoms with E-state index in [1.54, 1.807) is 20.9 Å². The molecule has 0 radical (unpaired) electrons. The molecule has 2 rings (SSSR count). The molecule has 0 saturated heterocycles. The lowest BCUT2D eigenvalue weighted by atomic mass is 11.2. The van der Waals surface area contributed by atoms with Gasteiger partial charge in [-0.25, -0.2) is 0 Å². The van der Waals surface area contributed by atoms with Crippen molar-refractivity contribution in [2.75, 3.05) is 0 Å². The zero-order valence-electron chi connectivity index (χ0n) is 2.72. The van der Waals surface area contributed by atoms with Gasteiger partial charge in [-0.2, -0.15) is 0 Å². The zero-order valence-corrected chi connectivity index (χ0v) is 4.36. The highest BCUT2D eigenvalue weighted by Crippen LogP contribution is 2.14. The minimum Gasteiger partial charge on any atom is -0.418 e. The van der Waals surface area contributed by atoms with Gasteiger partial charge in [0.15, 0.2) is 0 Å². The molecule has 0 bridgehead atoms. The summed E-state index contributed by atoms with van der Waals surface area (Å²) in [4.78, 5) is 0. The van der Waals surface area contributed by atoms with Gasteiger partial charge < -0.3 is 4.42 Å². The van der Waals surface area contributed by atoms with E-state index in [4.69, 9.17) is 4.42 Å². The molecule has 2 nitrogen and oxygen atoms in total. The summed E-state index contributed by atoms with van der Waals surface area (Å²) in [7, 11) is 3.23. The first kappa shape index (κ1) is 2.87. The molecule has 0 atom stereocenters. The molecule has 0 unspecified atom stereocenters. The van der Waals surface area contributed by atoms with E-state index in [9.17, 15) is 0 Å². The van der Waals surface area contributed by atoms with Crippen molar-refractivity contribution in [3.05, 3.63) is 10.3 Å². The fourth-order valence-electron chi connectivity index (χ4n) is 0.281. The van der Waals surface area contributed by atoms with E-state index in [0.29, 0.717) is 0 Å². The van der Waals surface area contributed by atoms with E-state index < -0.39 is 0 Å². The molecule has 6 heavy (non-hydrogen) atoms. The van der Waals surface area contributed by atoms with Gasteiger partial charge in [-0.3, -0.25) is 4.37 Å². The average Bonchev–Trinajstić information content (AvgIpc) is 2.17. The van der Waals surface area contributed by atoms with Crippen LogP contribution in [0.5, 0.6) is 0 Å². The number of nitrogens with one attached hydrogen (secondary N) is 1. The smallest absolute Gasteiger partial charge is 0.263 e. The summed E-state index contributed by atoms with van der Waals surface area (Å²) < 4.78 is 8.80. The van der Waals surface area contributed by atoms with Gasteiger partial charge in [0.05, 0.1) is 0 Å². The van der Waals surface area contributed by atoms with E-state index >= 15 is 0 Å². The number of H-pyrrole nitrogens is 1. The highest BCUT2D eigenvalue weighted by atomic mass is 32.9. The summed E-state index contributed by atoms with van der Waals surface area (Å²) in [5, 5.41) is 0. The maximum Gasteiger partial charge on any atom is 0.263 e. The normalized spacial score (nSPS) is 11.3. The van der Waals surface area contributed by atoms with Crippen molar-refractivity contribution in [3.63, 3.8) is 0 Å². The Kier molecular flexibility index (Phi) is 0.342. The van der Waals surface area contributed by atoms with Crippen molar-refractivity contribution in [2.45, 2.75) is 0 Å². The molecule has 2 aliphatic heterocycles. The summed E-state index contributed by atoms with van der Waals surface area (Å²) >= 11 is 0. The molecule has 0 aromatic heterocycles. The van der Waals surface area contributed by atoms with Crippen molar-refractivity contribution in [3.8, 4) is 0 Å². The molecule has 4 heteroatoms. The maximum atomic E-state index is 4.82. The van der Waals surface area contributed by atoms with Crippen molar-refractivity contribution >= 4 is 20.9 Å². The van der Waals surface area contributed by atoms with E-state index in [0.717, 1.165) is 10.3 Å². The van der Waals surface area contributed by atoms with Gasteiger partial charge in [0.25, 0.3) is 10.3 Å². The van der Waals surface area contributed by atoms with Crippen LogP contribution in [0.4, 0.5) is 0 Å². The van der Waals surface area contributed by atoms with E-state index in [1.807, 2.05) is 0 Å². The summed E-state index contributed by atoms with van der Waals surface area (Å²) in [6, 6.07) is 0. The van der Waals surface area contributed by atoms with Gasteiger partial charge in [-0.05, 0) is 10.3 Å². The van der Waals surface area contributed by atoms with Crippen LogP contribution in [0.25, 0.3) is 0 Å². The van der Waals surface area contributed by atoms with Crippen LogP contribution in [-0.4, -0.2) is 4.37 Å². The number of hydrogen-bond donors (Lipinski definition) is 1. The Balaban J connectivity index is 3.28. The third-order valence-corrected chi connectivity index (χ3v) is 2.32. The first-order valence-corrected chi connectivity index (χ1v) is 3.63. The molecule has 0 aromatic rings. The number of rotatable bonds is 0. The highest BCUT2D eigenvalue weighted by molar-refractivity contribution is 7.66. The monoisotopic (exact) mass is 119 g/mol. The Labute approximate surface area is 40.6 Å². The SMILES string of the molecule is [nH]1ssc2oc1=2. The topological polar surface area (TPSA) is 28.9 Å². The Morgan fingerprint density at radius 1 is 1.67 bits per heavy atom. The largest absolute Gasteiger partial charge is 0.418 e. The summed E-state index contributed by atoms with van der Waals surface area (Å²) in [6.07, 6.45) is 0. The molecule has 32 valence electrons. The summed E-state index contributed by atoms with van der Waals surface area (Å²) in [5.41, 5.74) is 0.963. The van der Waals surface area contributed by atoms with Gasteiger partial charge >= 0.3 is 0 Å². The molecule has 0 aliphatic carbocycles. The summed E-state index contributed by atoms with van der Waals surface area (Å²) in [5.74, 6) is 0. The van der Waals surface area contributed by atoms with E-state index in [1.165, 1.54) is 0 Å². The number of aromatic amines is 1. The van der Waals surface area contributed by atoms with Gasteiger partial charge in [-0.15, -0.1) is 0 Å². The van der Waals surface area contributed by atoms with E-state index in [-0.39, 0.29) is 0 Å². The van der Waals surface area contributed by atoms with Crippen LogP contribution in [0.1, 0.15) is 0 Å². The molecular formula is C2HNOS2. The maximum absolute atomic E-state index is 4.82. The predicted octanol–water partition coefficient (Wildman–Crippen LogP) is 1.46. The van der Waals surface area contributed by atoms with Crippen molar-refractivity contribution in [2.24, 2.45) is 0 Å². The van der Waals surface area contributed by atoms with E-state index in [2.05, 4.69) is 4.37 Å². The van der Waals surface area contributed by atoms with Gasteiger partial charge in [0, 0.05) is 10.5 Å². The van der Waals surface area contributed by atoms with Gasteiger partial charge in [0.2, 0.25) is 0 Å². The highest BCUT2D eigenvalue weighted by Gasteiger charge is 1.99. The van der Waals surface area contributed by atoms with Gasteiger partial charge in [0.1, 0.15) is 0 Å². The molecular weight excluding hydrogens is 118 g/mol. The lowest BCUT2D eigenvalue weighted by Gasteiger charge is -1.54. The molecule has 1 N–H and O–H groups in total. The first-order chi connectivity index (χ1) is 2.97. The first-order valence-electron chi connectivity index (χ1n) is 1.48. The lowest BCUT2D eigenvalue weighted by molar-refractivity contribution is 0.636. The fourth-order valence-corrected chi connectivity index (χ4v) is 1.83. The van der Waals surface area contributed by atoms with Crippen LogP contribution < -0.4 is 0 Å². The number of aromatic nitrogens is 1. The van der Waals surface area contributed by atoms with Crippen molar-refractivity contribution in [1.82, 2.24) is 4.37 Å². The Bertz CT molecular complexity index is 235. The lowest BCUT2D eigenvalue weighted by Crippen LogP contribution is -1.38. The molecule has 2 aliphatic rings. The Hall–Kier alpha value is -0.220. The molecule has 0 fully saturated rings. The van der Waals surface area contributed by atoms with Crippen molar-refractivity contribution < 1.29 is 4.42 Å². The molecule has 2 heterocycles. The fraction of sp³-hybridized carbons (Fsp3) is 0. The zero-order chi connectivity index (χ0) is 3.98. The average molecular weight is 119 g/mol. The van der Waals surface area contributed by atoms with Crippen LogP contribution in [-0.2, 0) is 0 Å². The molecule has 0 amide bonds. The predicted molar refractivity (Wildman–Crippen MR) is 24.1 cm³/mol.